The number of amides is 1. The molecule has 0 atom stereocenters. The molecule has 1 aliphatic carbocycles. The molecule has 0 radical (unpaired) electrons. The molecule has 2 N–H and O–H groups in total. The molecule has 1 aliphatic rings. The second-order valence-corrected chi connectivity index (χ2v) is 8.48. The van der Waals surface area contributed by atoms with Crippen molar-refractivity contribution in [1.82, 2.24) is 9.62 Å². The third-order valence-corrected chi connectivity index (χ3v) is 6.15. The number of hydrogen-bond acceptors (Lipinski definition) is 4. The third kappa shape index (κ3) is 3.93. The SMILES string of the molecule is CN(C)S(=O)(=O)c1ccc(C(=O)NC2(CC(=O)O)CCCC2)cc1. The highest BCUT2D eigenvalue weighted by Gasteiger charge is 2.37. The molecule has 8 heteroatoms. The summed E-state index contributed by atoms with van der Waals surface area (Å²) in [6, 6.07) is 5.63. The lowest BCUT2D eigenvalue weighted by Gasteiger charge is -2.28. The van der Waals surface area contributed by atoms with Gasteiger partial charge in [0.1, 0.15) is 0 Å². The Bertz CT molecular complexity index is 719. The maximum Gasteiger partial charge on any atom is 0.305 e. The van der Waals surface area contributed by atoms with E-state index in [1.807, 2.05) is 0 Å². The molecule has 0 aromatic heterocycles. The van der Waals surface area contributed by atoms with Gasteiger partial charge in [0.15, 0.2) is 0 Å². The van der Waals surface area contributed by atoms with Gasteiger partial charge in [0, 0.05) is 19.7 Å². The number of aliphatic carboxylic acids is 1. The van der Waals surface area contributed by atoms with Crippen molar-refractivity contribution in [2.75, 3.05) is 14.1 Å². The van der Waals surface area contributed by atoms with Crippen LogP contribution in [-0.4, -0.2) is 49.3 Å². The van der Waals surface area contributed by atoms with Gasteiger partial charge in [-0.25, -0.2) is 12.7 Å². The molecule has 0 spiro atoms. The van der Waals surface area contributed by atoms with Gasteiger partial charge in [-0.15, -0.1) is 0 Å². The summed E-state index contributed by atoms with van der Waals surface area (Å²) in [4.78, 5) is 23.6. The summed E-state index contributed by atoms with van der Waals surface area (Å²) in [5.74, 6) is -1.32. The van der Waals surface area contributed by atoms with Gasteiger partial charge in [0.2, 0.25) is 10.0 Å². The van der Waals surface area contributed by atoms with Gasteiger partial charge in [-0.05, 0) is 37.1 Å². The summed E-state index contributed by atoms with van der Waals surface area (Å²) in [7, 11) is -0.673. The Hall–Kier alpha value is -1.93. The maximum absolute atomic E-state index is 12.4. The number of carboxylic acid groups (broad SMARTS) is 1. The zero-order valence-corrected chi connectivity index (χ0v) is 14.6. The number of rotatable bonds is 6. The highest BCUT2D eigenvalue weighted by molar-refractivity contribution is 7.89. The van der Waals surface area contributed by atoms with Crippen molar-refractivity contribution in [3.63, 3.8) is 0 Å². The molecular weight excluding hydrogens is 332 g/mol. The van der Waals surface area contributed by atoms with E-state index in [4.69, 9.17) is 5.11 Å². The van der Waals surface area contributed by atoms with Crippen molar-refractivity contribution < 1.29 is 23.1 Å². The first-order valence-electron chi connectivity index (χ1n) is 7.73. The van der Waals surface area contributed by atoms with Gasteiger partial charge in [0.05, 0.1) is 16.9 Å². The van der Waals surface area contributed by atoms with Crippen molar-refractivity contribution in [2.45, 2.75) is 42.5 Å². The lowest BCUT2D eigenvalue weighted by molar-refractivity contribution is -0.138. The molecule has 1 aromatic carbocycles. The smallest absolute Gasteiger partial charge is 0.305 e. The van der Waals surface area contributed by atoms with Crippen LogP contribution in [0, 0.1) is 0 Å². The molecule has 1 aromatic rings. The number of benzene rings is 1. The van der Waals surface area contributed by atoms with E-state index >= 15 is 0 Å². The number of sulfonamides is 1. The average Bonchev–Trinajstić information content (AvgIpc) is 2.94. The van der Waals surface area contributed by atoms with Gasteiger partial charge < -0.3 is 10.4 Å². The van der Waals surface area contributed by atoms with Crippen molar-refractivity contribution in [1.29, 1.82) is 0 Å². The van der Waals surface area contributed by atoms with Crippen molar-refractivity contribution >= 4 is 21.9 Å². The predicted octanol–water partition coefficient (Wildman–Crippen LogP) is 1.45. The molecule has 24 heavy (non-hydrogen) atoms. The number of nitrogens with zero attached hydrogens (tertiary/aromatic N) is 1. The van der Waals surface area contributed by atoms with E-state index in [2.05, 4.69) is 5.32 Å². The molecule has 0 heterocycles. The van der Waals surface area contributed by atoms with Gasteiger partial charge in [-0.3, -0.25) is 9.59 Å². The maximum atomic E-state index is 12.4. The summed E-state index contributed by atoms with van der Waals surface area (Å²) in [5, 5.41) is 11.9. The van der Waals surface area contributed by atoms with Crippen LogP contribution in [0.4, 0.5) is 0 Å². The number of carbonyl (C=O) groups excluding carboxylic acids is 1. The molecule has 0 saturated heterocycles. The van der Waals surface area contributed by atoms with E-state index in [0.29, 0.717) is 18.4 Å². The molecule has 0 bridgehead atoms. The fraction of sp³-hybridized carbons (Fsp3) is 0.500. The summed E-state index contributed by atoms with van der Waals surface area (Å²) in [6.07, 6.45) is 2.93. The molecule has 1 amide bonds. The van der Waals surface area contributed by atoms with Crippen LogP contribution in [0.1, 0.15) is 42.5 Å². The lowest BCUT2D eigenvalue weighted by atomic mass is 9.92. The Morgan fingerprint density at radius 2 is 1.71 bits per heavy atom. The minimum Gasteiger partial charge on any atom is -0.481 e. The predicted molar refractivity (Wildman–Crippen MR) is 88.2 cm³/mol. The first kappa shape index (κ1) is 18.4. The topological polar surface area (TPSA) is 104 Å². The minimum absolute atomic E-state index is 0.102. The standard InChI is InChI=1S/C16H22N2O5S/c1-18(2)24(22,23)13-7-5-12(6-8-13)15(21)17-16(11-14(19)20)9-3-4-10-16/h5-8H,3-4,9-11H2,1-2H3,(H,17,21)(H,19,20). The van der Waals surface area contributed by atoms with Crippen LogP contribution in [0.25, 0.3) is 0 Å². The van der Waals surface area contributed by atoms with Crippen LogP contribution in [0.3, 0.4) is 0 Å². The fourth-order valence-corrected chi connectivity index (χ4v) is 3.89. The van der Waals surface area contributed by atoms with E-state index in [-0.39, 0.29) is 17.2 Å². The Morgan fingerprint density at radius 1 is 1.17 bits per heavy atom. The van der Waals surface area contributed by atoms with Gasteiger partial charge in [0.25, 0.3) is 5.91 Å². The van der Waals surface area contributed by atoms with E-state index in [9.17, 15) is 18.0 Å². The zero-order chi connectivity index (χ0) is 18.0. The summed E-state index contributed by atoms with van der Waals surface area (Å²) >= 11 is 0. The Labute approximate surface area is 141 Å². The lowest BCUT2D eigenvalue weighted by Crippen LogP contribution is -2.47. The van der Waals surface area contributed by atoms with Crippen molar-refractivity contribution in [3.8, 4) is 0 Å². The number of carboxylic acids is 1. The Kier molecular flexibility index (Phi) is 5.29. The molecule has 0 aliphatic heterocycles. The largest absolute Gasteiger partial charge is 0.481 e. The van der Waals surface area contributed by atoms with Crippen LogP contribution in [0.2, 0.25) is 0 Å². The molecule has 1 saturated carbocycles. The molecule has 2 rings (SSSR count). The quantitative estimate of drug-likeness (QED) is 0.805. The third-order valence-electron chi connectivity index (χ3n) is 4.32. The number of nitrogens with one attached hydrogen (secondary N) is 1. The Balaban J connectivity index is 2.17. The number of carbonyl (C=O) groups is 2. The van der Waals surface area contributed by atoms with E-state index in [1.165, 1.54) is 38.4 Å². The molecule has 1 fully saturated rings. The second-order valence-electron chi connectivity index (χ2n) is 6.32. The van der Waals surface area contributed by atoms with Crippen LogP contribution < -0.4 is 5.32 Å². The molecule has 132 valence electrons. The summed E-state index contributed by atoms with van der Waals surface area (Å²) in [5.41, 5.74) is -0.401. The highest BCUT2D eigenvalue weighted by Crippen LogP contribution is 2.33. The first-order chi connectivity index (χ1) is 11.2. The van der Waals surface area contributed by atoms with Crippen molar-refractivity contribution in [3.05, 3.63) is 29.8 Å². The van der Waals surface area contributed by atoms with Crippen LogP contribution >= 0.6 is 0 Å². The van der Waals surface area contributed by atoms with Crippen molar-refractivity contribution in [2.24, 2.45) is 0 Å². The normalized spacial score (nSPS) is 17.0. The molecule has 0 unspecified atom stereocenters. The summed E-state index contributed by atoms with van der Waals surface area (Å²) in [6.45, 7) is 0. The monoisotopic (exact) mass is 354 g/mol. The van der Waals surface area contributed by atoms with Crippen LogP contribution in [0.5, 0.6) is 0 Å². The van der Waals surface area contributed by atoms with Gasteiger partial charge in [-0.2, -0.15) is 0 Å². The van der Waals surface area contributed by atoms with E-state index in [1.54, 1.807) is 0 Å². The summed E-state index contributed by atoms with van der Waals surface area (Å²) < 4.78 is 25.1. The average molecular weight is 354 g/mol. The minimum atomic E-state index is -3.55. The second kappa shape index (κ2) is 6.90. The fourth-order valence-electron chi connectivity index (χ4n) is 2.99. The number of hydrogen-bond donors (Lipinski definition) is 2. The van der Waals surface area contributed by atoms with Gasteiger partial charge >= 0.3 is 5.97 Å². The molecule has 7 nitrogen and oxygen atoms in total. The van der Waals surface area contributed by atoms with E-state index in [0.717, 1.165) is 17.1 Å². The van der Waals surface area contributed by atoms with Gasteiger partial charge in [-0.1, -0.05) is 12.8 Å². The van der Waals surface area contributed by atoms with Crippen LogP contribution in [0.15, 0.2) is 29.2 Å². The molecular formula is C16H22N2O5S. The zero-order valence-electron chi connectivity index (χ0n) is 13.8. The first-order valence-corrected chi connectivity index (χ1v) is 9.17. The van der Waals surface area contributed by atoms with E-state index < -0.39 is 21.5 Å². The highest BCUT2D eigenvalue weighted by atomic mass is 32.2. The van der Waals surface area contributed by atoms with Crippen LogP contribution in [-0.2, 0) is 14.8 Å². The Morgan fingerprint density at radius 3 is 2.17 bits per heavy atom.